The van der Waals surface area contributed by atoms with Crippen molar-refractivity contribution in [2.24, 2.45) is 0 Å². The number of hydrogen-bond donors (Lipinski definition) is 1. The fourth-order valence-corrected chi connectivity index (χ4v) is 2.73. The van der Waals surface area contributed by atoms with Crippen LogP contribution in [0, 0.1) is 5.82 Å². The van der Waals surface area contributed by atoms with Gasteiger partial charge in [0.25, 0.3) is 0 Å². The number of rotatable bonds is 2. The first-order chi connectivity index (χ1) is 10.1. The summed E-state index contributed by atoms with van der Waals surface area (Å²) in [6, 6.07) is 10.8. The third-order valence-corrected chi connectivity index (χ3v) is 3.89. The molecule has 0 aromatic heterocycles. The summed E-state index contributed by atoms with van der Waals surface area (Å²) in [5.74, 6) is -0.909. The Hall–Kier alpha value is -2.29. The summed E-state index contributed by atoms with van der Waals surface area (Å²) in [6.07, 6.45) is 6.12. The standard InChI is InChI=1S/C18H18FNO/c1-20-10-2-3-15-11-13(6-8-17(15)20)4-5-14-7-9-18(21)16(19)12-14/h4-9,11-12,21H,2-3,10H2,1H3/b5-4+. The summed E-state index contributed by atoms with van der Waals surface area (Å²) in [5.41, 5.74) is 4.51. The Labute approximate surface area is 124 Å². The largest absolute Gasteiger partial charge is 0.505 e. The second-order valence-corrected chi connectivity index (χ2v) is 5.46. The Morgan fingerprint density at radius 2 is 1.81 bits per heavy atom. The Balaban J connectivity index is 1.84. The van der Waals surface area contributed by atoms with Gasteiger partial charge in [-0.1, -0.05) is 24.3 Å². The number of halogens is 1. The lowest BCUT2D eigenvalue weighted by molar-refractivity contribution is 0.432. The van der Waals surface area contributed by atoms with E-state index >= 15 is 0 Å². The van der Waals surface area contributed by atoms with E-state index in [1.165, 1.54) is 29.8 Å². The van der Waals surface area contributed by atoms with Crippen molar-refractivity contribution in [2.75, 3.05) is 18.5 Å². The quantitative estimate of drug-likeness (QED) is 0.839. The maximum Gasteiger partial charge on any atom is 0.165 e. The third-order valence-electron chi connectivity index (χ3n) is 3.89. The highest BCUT2D eigenvalue weighted by Gasteiger charge is 2.12. The number of anilines is 1. The molecule has 0 atom stereocenters. The molecule has 0 unspecified atom stereocenters. The van der Waals surface area contributed by atoms with Crippen LogP contribution in [0.25, 0.3) is 12.2 Å². The predicted molar refractivity (Wildman–Crippen MR) is 85.0 cm³/mol. The SMILES string of the molecule is CN1CCCc2cc(/C=C/c3ccc(O)c(F)c3)ccc21. The van der Waals surface area contributed by atoms with E-state index in [0.717, 1.165) is 24.1 Å². The molecule has 0 radical (unpaired) electrons. The van der Waals surface area contributed by atoms with Crippen molar-refractivity contribution in [3.63, 3.8) is 0 Å². The van der Waals surface area contributed by atoms with Gasteiger partial charge in [0.1, 0.15) is 0 Å². The Morgan fingerprint density at radius 3 is 2.57 bits per heavy atom. The van der Waals surface area contributed by atoms with Crippen molar-refractivity contribution < 1.29 is 9.50 Å². The van der Waals surface area contributed by atoms with Gasteiger partial charge in [0, 0.05) is 19.3 Å². The fraction of sp³-hybridized carbons (Fsp3) is 0.222. The van der Waals surface area contributed by atoms with Gasteiger partial charge >= 0.3 is 0 Å². The van der Waals surface area contributed by atoms with Crippen LogP contribution in [0.3, 0.4) is 0 Å². The topological polar surface area (TPSA) is 23.5 Å². The molecule has 0 fully saturated rings. The second-order valence-electron chi connectivity index (χ2n) is 5.46. The molecule has 21 heavy (non-hydrogen) atoms. The maximum absolute atomic E-state index is 13.3. The van der Waals surface area contributed by atoms with E-state index in [0.29, 0.717) is 0 Å². The summed E-state index contributed by atoms with van der Waals surface area (Å²) in [4.78, 5) is 2.28. The third kappa shape index (κ3) is 2.92. The van der Waals surface area contributed by atoms with Gasteiger partial charge in [0.2, 0.25) is 0 Å². The van der Waals surface area contributed by atoms with Crippen molar-refractivity contribution in [1.82, 2.24) is 0 Å². The minimum atomic E-state index is -0.593. The fourth-order valence-electron chi connectivity index (χ4n) is 2.73. The Kier molecular flexibility index (Phi) is 3.65. The first kappa shape index (κ1) is 13.7. The molecule has 1 aliphatic heterocycles. The van der Waals surface area contributed by atoms with Crippen LogP contribution >= 0.6 is 0 Å². The van der Waals surface area contributed by atoms with Crippen LogP contribution in [-0.4, -0.2) is 18.7 Å². The maximum atomic E-state index is 13.3. The zero-order valence-corrected chi connectivity index (χ0v) is 12.0. The molecule has 1 heterocycles. The minimum absolute atomic E-state index is 0.316. The highest BCUT2D eigenvalue weighted by molar-refractivity contribution is 5.72. The molecule has 2 aromatic carbocycles. The zero-order valence-electron chi connectivity index (χ0n) is 12.0. The highest BCUT2D eigenvalue weighted by atomic mass is 19.1. The van der Waals surface area contributed by atoms with E-state index in [-0.39, 0.29) is 5.75 Å². The van der Waals surface area contributed by atoms with E-state index in [1.807, 2.05) is 12.2 Å². The Bertz CT molecular complexity index is 694. The normalized spacial score (nSPS) is 14.5. The smallest absolute Gasteiger partial charge is 0.165 e. The van der Waals surface area contributed by atoms with E-state index < -0.39 is 5.82 Å². The molecule has 1 aliphatic rings. The highest BCUT2D eigenvalue weighted by Crippen LogP contribution is 2.27. The lowest BCUT2D eigenvalue weighted by atomic mass is 9.99. The molecule has 0 aliphatic carbocycles. The second kappa shape index (κ2) is 5.60. The van der Waals surface area contributed by atoms with Crippen LogP contribution in [0.1, 0.15) is 23.1 Å². The summed E-state index contributed by atoms with van der Waals surface area (Å²) in [7, 11) is 2.12. The number of aromatic hydroxyl groups is 1. The molecule has 3 heteroatoms. The van der Waals surface area contributed by atoms with Gasteiger partial charge in [-0.3, -0.25) is 0 Å². The Morgan fingerprint density at radius 1 is 1.10 bits per heavy atom. The summed E-state index contributed by atoms with van der Waals surface area (Å²) < 4.78 is 13.3. The average Bonchev–Trinajstić information content (AvgIpc) is 2.49. The molecule has 0 saturated carbocycles. The first-order valence-electron chi connectivity index (χ1n) is 7.14. The molecular weight excluding hydrogens is 265 g/mol. The van der Waals surface area contributed by atoms with E-state index in [4.69, 9.17) is 0 Å². The predicted octanol–water partition coefficient (Wildman–Crippen LogP) is 4.08. The number of phenols is 1. The molecule has 2 aromatic rings. The monoisotopic (exact) mass is 283 g/mol. The van der Waals surface area contributed by atoms with Gasteiger partial charge in [-0.05, 0) is 53.8 Å². The average molecular weight is 283 g/mol. The van der Waals surface area contributed by atoms with Gasteiger partial charge in [-0.15, -0.1) is 0 Å². The first-order valence-corrected chi connectivity index (χ1v) is 7.14. The molecule has 108 valence electrons. The molecule has 0 spiro atoms. The van der Waals surface area contributed by atoms with Crippen LogP contribution in [-0.2, 0) is 6.42 Å². The van der Waals surface area contributed by atoms with Crippen LogP contribution in [0.15, 0.2) is 36.4 Å². The van der Waals surface area contributed by atoms with Gasteiger partial charge in [0.05, 0.1) is 0 Å². The number of phenolic OH excluding ortho intramolecular Hbond substituents is 1. The lowest BCUT2D eigenvalue weighted by Gasteiger charge is -2.27. The van der Waals surface area contributed by atoms with Crippen LogP contribution in [0.4, 0.5) is 10.1 Å². The molecule has 1 N–H and O–H groups in total. The van der Waals surface area contributed by atoms with Gasteiger partial charge in [0.15, 0.2) is 11.6 Å². The van der Waals surface area contributed by atoms with Crippen molar-refractivity contribution >= 4 is 17.8 Å². The number of nitrogens with zero attached hydrogens (tertiary/aromatic N) is 1. The van der Waals surface area contributed by atoms with E-state index in [1.54, 1.807) is 6.07 Å². The molecule has 2 nitrogen and oxygen atoms in total. The zero-order chi connectivity index (χ0) is 14.8. The van der Waals surface area contributed by atoms with Crippen molar-refractivity contribution in [1.29, 1.82) is 0 Å². The van der Waals surface area contributed by atoms with Crippen LogP contribution in [0.2, 0.25) is 0 Å². The number of hydrogen-bond acceptors (Lipinski definition) is 2. The van der Waals surface area contributed by atoms with Crippen molar-refractivity contribution in [2.45, 2.75) is 12.8 Å². The summed E-state index contributed by atoms with van der Waals surface area (Å²) >= 11 is 0. The molecule has 0 saturated heterocycles. The molecular formula is C18H18FNO. The van der Waals surface area contributed by atoms with Crippen LogP contribution in [0.5, 0.6) is 5.75 Å². The molecule has 0 amide bonds. The minimum Gasteiger partial charge on any atom is -0.505 e. The molecule has 0 bridgehead atoms. The number of aryl methyl sites for hydroxylation is 1. The van der Waals surface area contributed by atoms with Crippen molar-refractivity contribution in [3.8, 4) is 5.75 Å². The van der Waals surface area contributed by atoms with Gasteiger partial charge in [-0.2, -0.15) is 0 Å². The van der Waals surface area contributed by atoms with Crippen molar-refractivity contribution in [3.05, 3.63) is 58.9 Å². The van der Waals surface area contributed by atoms with Gasteiger partial charge in [-0.25, -0.2) is 4.39 Å². The van der Waals surface area contributed by atoms with E-state index in [2.05, 4.69) is 30.1 Å². The summed E-state index contributed by atoms with van der Waals surface area (Å²) in [6.45, 7) is 1.11. The number of fused-ring (bicyclic) bond motifs is 1. The number of benzene rings is 2. The lowest BCUT2D eigenvalue weighted by Crippen LogP contribution is -2.24. The summed E-state index contributed by atoms with van der Waals surface area (Å²) in [5, 5.41) is 9.18. The van der Waals surface area contributed by atoms with E-state index in [9.17, 15) is 9.50 Å². The molecule has 3 rings (SSSR count). The van der Waals surface area contributed by atoms with Gasteiger partial charge < -0.3 is 10.0 Å². The van der Waals surface area contributed by atoms with Crippen LogP contribution < -0.4 is 4.90 Å².